The number of aryl methyl sites for hydroxylation is 1. The highest BCUT2D eigenvalue weighted by molar-refractivity contribution is 7.13. The first-order valence-electron chi connectivity index (χ1n) is 7.01. The number of rotatable bonds is 6. The van der Waals surface area contributed by atoms with Crippen LogP contribution in [0.3, 0.4) is 0 Å². The zero-order valence-electron chi connectivity index (χ0n) is 12.1. The fraction of sp³-hybridized carbons (Fsp3) is 0.286. The number of hydrogen-bond acceptors (Lipinski definition) is 5. The van der Waals surface area contributed by atoms with Crippen LogP contribution in [0.5, 0.6) is 0 Å². The first-order chi connectivity index (χ1) is 10.8. The van der Waals surface area contributed by atoms with Gasteiger partial charge >= 0.3 is 0 Å². The third-order valence-electron chi connectivity index (χ3n) is 3.32. The van der Waals surface area contributed by atoms with E-state index in [1.54, 1.807) is 23.9 Å². The molecule has 7 nitrogen and oxygen atoms in total. The van der Waals surface area contributed by atoms with Crippen molar-refractivity contribution in [2.24, 2.45) is 0 Å². The largest absolute Gasteiger partial charge is 0.351 e. The minimum atomic E-state index is -0.139. The fourth-order valence-electron chi connectivity index (χ4n) is 2.19. The zero-order chi connectivity index (χ0) is 15.4. The van der Waals surface area contributed by atoms with Gasteiger partial charge in [0.2, 0.25) is 0 Å². The minimum Gasteiger partial charge on any atom is -0.351 e. The van der Waals surface area contributed by atoms with E-state index in [0.29, 0.717) is 18.5 Å². The molecule has 0 aliphatic heterocycles. The predicted octanol–water partition coefficient (Wildman–Crippen LogP) is 1.72. The number of amides is 1. The molecule has 0 saturated carbocycles. The van der Waals surface area contributed by atoms with Gasteiger partial charge in [0.05, 0.1) is 22.3 Å². The lowest BCUT2D eigenvalue weighted by Gasteiger charge is -2.06. The summed E-state index contributed by atoms with van der Waals surface area (Å²) in [5.41, 5.74) is 1.31. The predicted molar refractivity (Wildman–Crippen MR) is 83.6 cm³/mol. The maximum Gasteiger partial charge on any atom is 0.255 e. The van der Waals surface area contributed by atoms with Crippen molar-refractivity contribution in [3.05, 3.63) is 41.4 Å². The van der Waals surface area contributed by atoms with Gasteiger partial charge in [-0.2, -0.15) is 5.10 Å². The summed E-state index contributed by atoms with van der Waals surface area (Å²) in [6, 6.07) is 3.90. The standard InChI is InChI=1S/C14H16N6OS/c1-2-20-9-17-18-12(20)5-6-15-14(21)10-8-16-19-13(10)11-4-3-7-22-11/h3-4,7-9H,2,5-6H2,1H3,(H,15,21)(H,16,19). The molecule has 0 spiro atoms. The molecule has 0 aromatic carbocycles. The Balaban J connectivity index is 1.62. The molecule has 0 aliphatic rings. The molecule has 0 aliphatic carbocycles. The highest BCUT2D eigenvalue weighted by Crippen LogP contribution is 2.25. The lowest BCUT2D eigenvalue weighted by molar-refractivity contribution is 0.0954. The number of carbonyl (C=O) groups excluding carboxylic acids is 1. The Morgan fingerprint density at radius 1 is 1.50 bits per heavy atom. The summed E-state index contributed by atoms with van der Waals surface area (Å²) in [4.78, 5) is 13.3. The smallest absolute Gasteiger partial charge is 0.255 e. The maximum atomic E-state index is 12.3. The van der Waals surface area contributed by atoms with Gasteiger partial charge in [0.1, 0.15) is 12.2 Å². The Hall–Kier alpha value is -2.48. The van der Waals surface area contributed by atoms with E-state index in [0.717, 1.165) is 22.9 Å². The van der Waals surface area contributed by atoms with Crippen molar-refractivity contribution in [3.8, 4) is 10.6 Å². The Kier molecular flexibility index (Phi) is 4.29. The fourth-order valence-corrected chi connectivity index (χ4v) is 2.92. The maximum absolute atomic E-state index is 12.3. The normalized spacial score (nSPS) is 10.8. The summed E-state index contributed by atoms with van der Waals surface area (Å²) >= 11 is 1.57. The molecule has 3 aromatic rings. The summed E-state index contributed by atoms with van der Waals surface area (Å²) < 4.78 is 1.96. The number of H-pyrrole nitrogens is 1. The van der Waals surface area contributed by atoms with Crippen LogP contribution in [0.4, 0.5) is 0 Å². The van der Waals surface area contributed by atoms with Crippen molar-refractivity contribution in [1.29, 1.82) is 0 Å². The summed E-state index contributed by atoms with van der Waals surface area (Å²) in [5.74, 6) is 0.730. The van der Waals surface area contributed by atoms with E-state index in [-0.39, 0.29) is 5.91 Å². The molecule has 0 unspecified atom stereocenters. The van der Waals surface area contributed by atoms with Crippen molar-refractivity contribution < 1.29 is 4.79 Å². The molecule has 0 atom stereocenters. The minimum absolute atomic E-state index is 0.139. The second-order valence-electron chi connectivity index (χ2n) is 4.68. The van der Waals surface area contributed by atoms with Gasteiger partial charge in [-0.15, -0.1) is 21.5 Å². The summed E-state index contributed by atoms with van der Waals surface area (Å²) in [7, 11) is 0. The van der Waals surface area contributed by atoms with Crippen molar-refractivity contribution in [3.63, 3.8) is 0 Å². The third-order valence-corrected chi connectivity index (χ3v) is 4.21. The quantitative estimate of drug-likeness (QED) is 0.725. The lowest BCUT2D eigenvalue weighted by Crippen LogP contribution is -2.26. The molecule has 2 N–H and O–H groups in total. The summed E-state index contributed by atoms with van der Waals surface area (Å²) in [6.45, 7) is 3.36. The molecule has 8 heteroatoms. The van der Waals surface area contributed by atoms with Crippen molar-refractivity contribution in [1.82, 2.24) is 30.3 Å². The molecule has 3 heterocycles. The van der Waals surface area contributed by atoms with Crippen LogP contribution < -0.4 is 5.32 Å². The van der Waals surface area contributed by atoms with E-state index in [2.05, 4.69) is 25.7 Å². The molecular formula is C14H16N6OS. The molecule has 0 saturated heterocycles. The number of nitrogens with zero attached hydrogens (tertiary/aromatic N) is 4. The van der Waals surface area contributed by atoms with E-state index in [1.807, 2.05) is 29.0 Å². The molecular weight excluding hydrogens is 300 g/mol. The van der Waals surface area contributed by atoms with Crippen LogP contribution in [0.1, 0.15) is 23.1 Å². The first-order valence-corrected chi connectivity index (χ1v) is 7.89. The van der Waals surface area contributed by atoms with Crippen molar-refractivity contribution in [2.45, 2.75) is 19.9 Å². The number of carbonyl (C=O) groups is 1. The Labute approximate surface area is 131 Å². The van der Waals surface area contributed by atoms with E-state index in [9.17, 15) is 4.79 Å². The first kappa shape index (κ1) is 14.5. The Morgan fingerprint density at radius 3 is 3.18 bits per heavy atom. The molecule has 3 rings (SSSR count). The Morgan fingerprint density at radius 2 is 2.41 bits per heavy atom. The number of thiophene rings is 1. The van der Waals surface area contributed by atoms with Gasteiger partial charge in [0.25, 0.3) is 5.91 Å². The van der Waals surface area contributed by atoms with E-state index in [1.165, 1.54) is 0 Å². The number of aromatic amines is 1. The topological polar surface area (TPSA) is 88.5 Å². The van der Waals surface area contributed by atoms with Crippen molar-refractivity contribution >= 4 is 17.2 Å². The molecule has 22 heavy (non-hydrogen) atoms. The highest BCUT2D eigenvalue weighted by Gasteiger charge is 2.15. The molecule has 114 valence electrons. The van der Waals surface area contributed by atoms with Gasteiger partial charge in [-0.3, -0.25) is 9.89 Å². The molecule has 0 fully saturated rings. The lowest BCUT2D eigenvalue weighted by atomic mass is 10.2. The van der Waals surface area contributed by atoms with Crippen LogP contribution in [-0.4, -0.2) is 37.4 Å². The second kappa shape index (κ2) is 6.52. The van der Waals surface area contributed by atoms with Gasteiger partial charge < -0.3 is 9.88 Å². The third kappa shape index (κ3) is 2.91. The van der Waals surface area contributed by atoms with E-state index in [4.69, 9.17) is 0 Å². The average molecular weight is 316 g/mol. The monoisotopic (exact) mass is 316 g/mol. The van der Waals surface area contributed by atoms with E-state index < -0.39 is 0 Å². The number of hydrogen-bond donors (Lipinski definition) is 2. The van der Waals surface area contributed by atoms with Gasteiger partial charge in [-0.1, -0.05) is 6.07 Å². The summed E-state index contributed by atoms with van der Waals surface area (Å²) in [6.07, 6.45) is 3.90. The molecule has 0 bridgehead atoms. The second-order valence-corrected chi connectivity index (χ2v) is 5.62. The summed E-state index contributed by atoms with van der Waals surface area (Å²) in [5, 5.41) is 19.7. The van der Waals surface area contributed by atoms with E-state index >= 15 is 0 Å². The van der Waals surface area contributed by atoms with Crippen LogP contribution in [0.2, 0.25) is 0 Å². The van der Waals surface area contributed by atoms with Gasteiger partial charge in [0, 0.05) is 19.5 Å². The van der Waals surface area contributed by atoms with Crippen molar-refractivity contribution in [2.75, 3.05) is 6.54 Å². The SMILES string of the molecule is CCn1cnnc1CCNC(=O)c1cn[nH]c1-c1cccs1. The van der Waals surface area contributed by atoms with Crippen LogP contribution in [-0.2, 0) is 13.0 Å². The molecule has 0 radical (unpaired) electrons. The van der Waals surface area contributed by atoms with Crippen LogP contribution >= 0.6 is 11.3 Å². The average Bonchev–Trinajstić information content (AvgIpc) is 3.26. The van der Waals surface area contributed by atoms with Gasteiger partial charge in [-0.05, 0) is 18.4 Å². The number of aromatic nitrogens is 5. The van der Waals surface area contributed by atoms with Crippen LogP contribution in [0, 0.1) is 0 Å². The van der Waals surface area contributed by atoms with Gasteiger partial charge in [-0.25, -0.2) is 0 Å². The molecule has 1 amide bonds. The number of nitrogens with one attached hydrogen (secondary N) is 2. The molecule has 3 aromatic heterocycles. The highest BCUT2D eigenvalue weighted by atomic mass is 32.1. The van der Waals surface area contributed by atoms with Crippen LogP contribution in [0.15, 0.2) is 30.0 Å². The van der Waals surface area contributed by atoms with Crippen LogP contribution in [0.25, 0.3) is 10.6 Å². The van der Waals surface area contributed by atoms with Gasteiger partial charge in [0.15, 0.2) is 0 Å². The zero-order valence-corrected chi connectivity index (χ0v) is 12.9. The Bertz CT molecular complexity index is 745.